The molecule has 13 heteroatoms. The summed E-state index contributed by atoms with van der Waals surface area (Å²) in [7, 11) is -1.17. The number of halogens is 1. The van der Waals surface area contributed by atoms with Gasteiger partial charge in [-0.15, -0.1) is 0 Å². The van der Waals surface area contributed by atoms with Gasteiger partial charge in [0, 0.05) is 18.7 Å². The second-order valence-corrected chi connectivity index (χ2v) is 7.10. The minimum absolute atomic E-state index is 0.196. The van der Waals surface area contributed by atoms with Gasteiger partial charge in [0.05, 0.1) is 24.3 Å². The van der Waals surface area contributed by atoms with Crippen LogP contribution in [0.25, 0.3) is 0 Å². The number of rotatable bonds is 9. The fourth-order valence-electron chi connectivity index (χ4n) is 3.33. The SMILES string of the molecule is CCCCCc1nccc(Oc2cc(C)c3c(c2)B(O)OC3CC(=O)O)n1.N=NN=NCl. The van der Waals surface area contributed by atoms with Gasteiger partial charge in [0.2, 0.25) is 5.88 Å². The first-order valence-electron chi connectivity index (χ1n) is 9.96. The van der Waals surface area contributed by atoms with Gasteiger partial charge in [0.25, 0.3) is 0 Å². The molecule has 1 atom stereocenters. The number of benzene rings is 1. The van der Waals surface area contributed by atoms with E-state index in [1.165, 1.54) is 0 Å². The van der Waals surface area contributed by atoms with Gasteiger partial charge in [-0.25, -0.2) is 4.98 Å². The summed E-state index contributed by atoms with van der Waals surface area (Å²) in [6.45, 7) is 3.99. The first-order valence-corrected chi connectivity index (χ1v) is 10.3. The minimum Gasteiger partial charge on any atom is -0.481 e. The molecule has 170 valence electrons. The van der Waals surface area contributed by atoms with E-state index in [2.05, 4.69) is 43.7 Å². The molecule has 0 bridgehead atoms. The van der Waals surface area contributed by atoms with E-state index < -0.39 is 19.2 Å². The summed E-state index contributed by atoms with van der Waals surface area (Å²) in [4.78, 5) is 19.7. The molecule has 0 amide bonds. The Hall–Kier alpha value is -2.96. The molecule has 1 aliphatic heterocycles. The van der Waals surface area contributed by atoms with Crippen LogP contribution in [-0.4, -0.2) is 33.2 Å². The Kier molecular flexibility index (Phi) is 10.1. The number of fused-ring (bicyclic) bond motifs is 1. The summed E-state index contributed by atoms with van der Waals surface area (Å²) in [5, 5.41) is 24.3. The molecule has 0 aliphatic carbocycles. The van der Waals surface area contributed by atoms with Crippen molar-refractivity contribution in [2.45, 2.75) is 52.1 Å². The van der Waals surface area contributed by atoms with Crippen molar-refractivity contribution in [1.82, 2.24) is 9.97 Å². The molecule has 1 aliphatic rings. The van der Waals surface area contributed by atoms with Crippen molar-refractivity contribution in [3.05, 3.63) is 41.3 Å². The number of nitrogens with zero attached hydrogens (tertiary/aromatic N) is 5. The zero-order valence-electron chi connectivity index (χ0n) is 17.7. The molecule has 0 fully saturated rings. The number of ether oxygens (including phenoxy) is 1. The Morgan fingerprint density at radius 3 is 2.81 bits per heavy atom. The summed E-state index contributed by atoms with van der Waals surface area (Å²) in [6.07, 6.45) is 4.92. The number of aliphatic carboxylic acids is 1. The molecule has 1 aromatic carbocycles. The highest BCUT2D eigenvalue weighted by atomic mass is 35.5. The molecule has 11 nitrogen and oxygen atoms in total. The van der Waals surface area contributed by atoms with Crippen molar-refractivity contribution in [1.29, 1.82) is 5.53 Å². The van der Waals surface area contributed by atoms with E-state index >= 15 is 0 Å². The number of unbranched alkanes of at least 4 members (excludes halogenated alkanes) is 2. The Labute approximate surface area is 190 Å². The minimum atomic E-state index is -1.17. The van der Waals surface area contributed by atoms with Gasteiger partial charge in [0.1, 0.15) is 11.6 Å². The standard InChI is InChI=1S/C19H23BN2O5.ClHN4/c1-3-4-5-6-16-21-8-7-17(22-16)26-13-9-12(2)19-14(10-13)20(25)27-15(19)11-18(23)24;1-3-5-4-2/h7-10,15,25H,3-6,11H2,1-2H3,(H,23,24);2H. The maximum Gasteiger partial charge on any atom is 0.492 e. The Morgan fingerprint density at radius 1 is 1.41 bits per heavy atom. The third-order valence-corrected chi connectivity index (χ3v) is 4.69. The Morgan fingerprint density at radius 2 is 2.19 bits per heavy atom. The van der Waals surface area contributed by atoms with Crippen molar-refractivity contribution < 1.29 is 24.3 Å². The number of nitrogens with one attached hydrogen (secondary N) is 1. The molecule has 32 heavy (non-hydrogen) atoms. The molecule has 0 saturated heterocycles. The maximum absolute atomic E-state index is 11.0. The highest BCUT2D eigenvalue weighted by Crippen LogP contribution is 2.32. The third-order valence-electron chi connectivity index (χ3n) is 4.62. The van der Waals surface area contributed by atoms with Crippen molar-refractivity contribution >= 4 is 30.3 Å². The highest BCUT2D eigenvalue weighted by Gasteiger charge is 2.37. The van der Waals surface area contributed by atoms with E-state index in [1.807, 2.05) is 6.92 Å². The molecule has 2 aromatic rings. The first-order chi connectivity index (χ1) is 15.4. The number of hydrogen-bond donors (Lipinski definition) is 3. The molecule has 3 rings (SSSR count). The molecule has 0 spiro atoms. The van der Waals surface area contributed by atoms with E-state index in [-0.39, 0.29) is 6.42 Å². The van der Waals surface area contributed by atoms with Gasteiger partial charge in [-0.2, -0.15) is 10.5 Å². The van der Waals surface area contributed by atoms with Crippen LogP contribution in [0.2, 0.25) is 0 Å². The molecule has 0 saturated carbocycles. The molecule has 0 radical (unpaired) electrons. The Bertz CT molecular complexity index is 964. The second-order valence-electron chi connectivity index (χ2n) is 6.95. The van der Waals surface area contributed by atoms with Gasteiger partial charge in [0.15, 0.2) is 0 Å². The first kappa shape index (κ1) is 25.3. The maximum atomic E-state index is 11.0. The monoisotopic (exact) mass is 462 g/mol. The summed E-state index contributed by atoms with van der Waals surface area (Å²) in [6, 6.07) is 5.16. The smallest absolute Gasteiger partial charge is 0.481 e. The van der Waals surface area contributed by atoms with Crippen molar-refractivity contribution in [2.75, 3.05) is 0 Å². The van der Waals surface area contributed by atoms with Gasteiger partial charge in [-0.1, -0.05) is 24.4 Å². The van der Waals surface area contributed by atoms with Gasteiger partial charge in [-0.3, -0.25) is 4.79 Å². The summed E-state index contributed by atoms with van der Waals surface area (Å²) >= 11 is 4.55. The van der Waals surface area contributed by atoms with Crippen LogP contribution < -0.4 is 10.2 Å². The number of aryl methyl sites for hydroxylation is 2. The van der Waals surface area contributed by atoms with Crippen molar-refractivity contribution in [3.8, 4) is 11.6 Å². The lowest BCUT2D eigenvalue weighted by Gasteiger charge is -2.13. The van der Waals surface area contributed by atoms with Crippen LogP contribution in [0.15, 0.2) is 39.5 Å². The number of aromatic nitrogens is 2. The van der Waals surface area contributed by atoms with Crippen LogP contribution >= 0.6 is 11.8 Å². The number of carboxylic acid groups (broad SMARTS) is 1. The van der Waals surface area contributed by atoms with Gasteiger partial charge >= 0.3 is 13.1 Å². The summed E-state index contributed by atoms with van der Waals surface area (Å²) in [5.74, 6) is 0.717. The summed E-state index contributed by atoms with van der Waals surface area (Å²) < 4.78 is 13.9. The predicted octanol–water partition coefficient (Wildman–Crippen LogP) is 4.08. The lowest BCUT2D eigenvalue weighted by atomic mass is 9.77. The highest BCUT2D eigenvalue weighted by molar-refractivity contribution is 6.62. The van der Waals surface area contributed by atoms with Gasteiger partial charge < -0.3 is 19.5 Å². The fourth-order valence-corrected chi connectivity index (χ4v) is 3.36. The van der Waals surface area contributed by atoms with Crippen molar-refractivity contribution in [3.63, 3.8) is 0 Å². The largest absolute Gasteiger partial charge is 0.492 e. The second kappa shape index (κ2) is 12.8. The lowest BCUT2D eigenvalue weighted by molar-refractivity contribution is -0.138. The average Bonchev–Trinajstić information content (AvgIpc) is 3.04. The van der Waals surface area contributed by atoms with Crippen LogP contribution in [0.3, 0.4) is 0 Å². The van der Waals surface area contributed by atoms with E-state index in [0.29, 0.717) is 22.7 Å². The average molecular weight is 463 g/mol. The van der Waals surface area contributed by atoms with Crippen LogP contribution in [-0.2, 0) is 15.9 Å². The quantitative estimate of drug-likeness (QED) is 0.219. The van der Waals surface area contributed by atoms with Gasteiger partial charge in [-0.05, 0) is 52.5 Å². The normalized spacial score (nSPS) is 14.6. The molecule has 1 aromatic heterocycles. The topological polar surface area (TPSA) is 163 Å². The zero-order chi connectivity index (χ0) is 23.5. The third kappa shape index (κ3) is 7.33. The Balaban J connectivity index is 0.000000654. The molecular weight excluding hydrogens is 439 g/mol. The van der Waals surface area contributed by atoms with E-state index in [9.17, 15) is 9.82 Å². The van der Waals surface area contributed by atoms with Crippen LogP contribution in [0.5, 0.6) is 11.6 Å². The van der Waals surface area contributed by atoms with E-state index in [0.717, 1.165) is 37.1 Å². The van der Waals surface area contributed by atoms with Crippen LogP contribution in [0, 0.1) is 12.5 Å². The molecule has 3 N–H and O–H groups in total. The number of carbonyl (C=O) groups is 1. The zero-order valence-corrected chi connectivity index (χ0v) is 18.5. The molecular formula is C19H24BClN6O5. The molecule has 2 heterocycles. The molecule has 1 unspecified atom stereocenters. The predicted molar refractivity (Wildman–Crippen MR) is 116 cm³/mol. The van der Waals surface area contributed by atoms with Crippen LogP contribution in [0.1, 0.15) is 55.7 Å². The lowest BCUT2D eigenvalue weighted by Crippen LogP contribution is -2.28. The number of carboxylic acids is 1. The summed E-state index contributed by atoms with van der Waals surface area (Å²) in [5.41, 5.74) is 7.93. The van der Waals surface area contributed by atoms with E-state index in [1.54, 1.807) is 24.4 Å². The van der Waals surface area contributed by atoms with Crippen molar-refractivity contribution in [2.24, 2.45) is 15.1 Å². The van der Waals surface area contributed by atoms with Crippen LogP contribution in [0.4, 0.5) is 0 Å². The fraction of sp³-hybridized carbons (Fsp3) is 0.421. The number of hydrogen-bond acceptors (Lipinski definition) is 8. The van der Waals surface area contributed by atoms with E-state index in [4.69, 9.17) is 20.0 Å².